The predicted molar refractivity (Wildman–Crippen MR) is 92.7 cm³/mol. The summed E-state index contributed by atoms with van der Waals surface area (Å²) in [5.74, 6) is 0. The Morgan fingerprint density at radius 1 is 0.750 bits per heavy atom. The average molecular weight is 327 g/mol. The zero-order chi connectivity index (χ0) is 13.9. The summed E-state index contributed by atoms with van der Waals surface area (Å²) in [4.78, 5) is 0. The molecule has 0 radical (unpaired) electrons. The van der Waals surface area contributed by atoms with E-state index in [1.54, 1.807) is 0 Å². The van der Waals surface area contributed by atoms with E-state index in [1.165, 1.54) is 51.9 Å². The highest BCUT2D eigenvalue weighted by Crippen LogP contribution is 2.34. The van der Waals surface area contributed by atoms with Crippen LogP contribution in [0.25, 0.3) is 21.5 Å². The largest absolute Gasteiger partial charge is 0.0876 e. The number of rotatable bonds is 4. The van der Waals surface area contributed by atoms with Gasteiger partial charge in [0.05, 0.1) is 0 Å². The first-order valence-corrected chi connectivity index (χ1v) is 8.46. The number of fused-ring (bicyclic) bond motifs is 2. The number of unbranched alkanes of at least 4 members (excludes halogenated alkanes) is 1. The van der Waals surface area contributed by atoms with Gasteiger partial charge in [-0.2, -0.15) is 0 Å². The van der Waals surface area contributed by atoms with Crippen molar-refractivity contribution in [2.45, 2.75) is 31.5 Å². The van der Waals surface area contributed by atoms with Crippen LogP contribution in [0.15, 0.2) is 48.5 Å². The molecule has 0 unspecified atom stereocenters. The van der Waals surface area contributed by atoms with Crippen LogP contribution < -0.4 is 0 Å². The van der Waals surface area contributed by atoms with E-state index in [2.05, 4.69) is 71.4 Å². The number of hydrogen-bond donors (Lipinski definition) is 0. The van der Waals surface area contributed by atoms with Crippen LogP contribution in [0.3, 0.4) is 0 Å². The van der Waals surface area contributed by atoms with Crippen molar-refractivity contribution < 1.29 is 0 Å². The van der Waals surface area contributed by atoms with E-state index in [0.717, 1.165) is 5.33 Å². The van der Waals surface area contributed by atoms with Gasteiger partial charge in [-0.05, 0) is 45.5 Å². The summed E-state index contributed by atoms with van der Waals surface area (Å²) in [6.45, 7) is 2.26. The molecule has 0 bridgehead atoms. The van der Waals surface area contributed by atoms with Crippen molar-refractivity contribution >= 4 is 37.5 Å². The Kier molecular flexibility index (Phi) is 4.07. The Hall–Kier alpha value is -1.34. The SMILES string of the molecule is CCCCc1c2ccccc2c(CBr)c2ccccc12. The van der Waals surface area contributed by atoms with Crippen LogP contribution in [0, 0.1) is 0 Å². The monoisotopic (exact) mass is 326 g/mol. The molecule has 0 aliphatic rings. The molecule has 0 atom stereocenters. The minimum absolute atomic E-state index is 0.905. The number of halogens is 1. The second kappa shape index (κ2) is 5.97. The van der Waals surface area contributed by atoms with Gasteiger partial charge in [0.15, 0.2) is 0 Å². The van der Waals surface area contributed by atoms with Gasteiger partial charge >= 0.3 is 0 Å². The molecule has 0 saturated heterocycles. The van der Waals surface area contributed by atoms with Crippen LogP contribution in [0.2, 0.25) is 0 Å². The Bertz CT molecular complexity index is 686. The molecule has 0 nitrogen and oxygen atoms in total. The van der Waals surface area contributed by atoms with E-state index in [9.17, 15) is 0 Å². The van der Waals surface area contributed by atoms with Crippen molar-refractivity contribution in [3.8, 4) is 0 Å². The van der Waals surface area contributed by atoms with Gasteiger partial charge in [0.1, 0.15) is 0 Å². The molecule has 0 aliphatic carbocycles. The summed E-state index contributed by atoms with van der Waals surface area (Å²) in [7, 11) is 0. The maximum Gasteiger partial charge on any atom is 0.0295 e. The van der Waals surface area contributed by atoms with Crippen LogP contribution in [0.4, 0.5) is 0 Å². The Morgan fingerprint density at radius 2 is 1.20 bits per heavy atom. The quantitative estimate of drug-likeness (QED) is 0.393. The van der Waals surface area contributed by atoms with Crippen molar-refractivity contribution in [2.75, 3.05) is 0 Å². The number of benzene rings is 3. The first-order chi connectivity index (χ1) is 9.86. The first-order valence-electron chi connectivity index (χ1n) is 7.34. The molecule has 0 N–H and O–H groups in total. The lowest BCUT2D eigenvalue weighted by Crippen LogP contribution is -1.94. The number of aryl methyl sites for hydroxylation is 1. The molecule has 1 heteroatoms. The molecule has 3 aromatic rings. The number of hydrogen-bond acceptors (Lipinski definition) is 0. The van der Waals surface area contributed by atoms with Crippen molar-refractivity contribution in [3.05, 3.63) is 59.7 Å². The fourth-order valence-electron chi connectivity index (χ4n) is 3.08. The van der Waals surface area contributed by atoms with Gasteiger partial charge in [-0.3, -0.25) is 0 Å². The molecule has 20 heavy (non-hydrogen) atoms. The molecule has 0 heterocycles. The van der Waals surface area contributed by atoms with Gasteiger partial charge in [-0.25, -0.2) is 0 Å². The Balaban J connectivity index is 2.42. The summed E-state index contributed by atoms with van der Waals surface area (Å²) >= 11 is 3.68. The minimum Gasteiger partial charge on any atom is -0.0876 e. The molecule has 0 spiro atoms. The van der Waals surface area contributed by atoms with Crippen LogP contribution in [0.1, 0.15) is 30.9 Å². The summed E-state index contributed by atoms with van der Waals surface area (Å²) < 4.78 is 0. The van der Waals surface area contributed by atoms with E-state index in [4.69, 9.17) is 0 Å². The van der Waals surface area contributed by atoms with E-state index >= 15 is 0 Å². The third-order valence-corrected chi connectivity index (χ3v) is 4.63. The van der Waals surface area contributed by atoms with Gasteiger partial charge in [0, 0.05) is 5.33 Å². The summed E-state index contributed by atoms with van der Waals surface area (Å²) in [6.07, 6.45) is 3.66. The number of alkyl halides is 1. The highest BCUT2D eigenvalue weighted by Gasteiger charge is 2.11. The average Bonchev–Trinajstić information content (AvgIpc) is 2.51. The molecule has 102 valence electrons. The smallest absolute Gasteiger partial charge is 0.0295 e. The zero-order valence-electron chi connectivity index (χ0n) is 11.8. The van der Waals surface area contributed by atoms with E-state index in [1.807, 2.05) is 0 Å². The van der Waals surface area contributed by atoms with Crippen molar-refractivity contribution in [3.63, 3.8) is 0 Å². The second-order valence-electron chi connectivity index (χ2n) is 5.29. The zero-order valence-corrected chi connectivity index (χ0v) is 13.4. The maximum absolute atomic E-state index is 3.68. The normalized spacial score (nSPS) is 11.3. The van der Waals surface area contributed by atoms with Crippen LogP contribution >= 0.6 is 15.9 Å². The molecule has 0 saturated carbocycles. The Labute approximate surface area is 128 Å². The highest BCUT2D eigenvalue weighted by molar-refractivity contribution is 9.08. The van der Waals surface area contributed by atoms with Gasteiger partial charge in [-0.15, -0.1) is 0 Å². The van der Waals surface area contributed by atoms with E-state index < -0.39 is 0 Å². The summed E-state index contributed by atoms with van der Waals surface area (Å²) in [5, 5.41) is 6.55. The lowest BCUT2D eigenvalue weighted by Gasteiger charge is -2.15. The molecule has 0 amide bonds. The standard InChI is InChI=1S/C19H19Br/c1-2-3-8-14-15-9-4-6-11-17(15)19(13-20)18-12-7-5-10-16(14)18/h4-7,9-12H,2-3,8,13H2,1H3. The molecule has 3 rings (SSSR count). The molecule has 0 aliphatic heterocycles. The third-order valence-electron chi connectivity index (χ3n) is 4.07. The molecule has 0 aromatic heterocycles. The predicted octanol–water partition coefficient (Wildman–Crippen LogP) is 6.23. The summed E-state index contributed by atoms with van der Waals surface area (Å²) in [5.41, 5.74) is 2.93. The minimum atomic E-state index is 0.905. The van der Waals surface area contributed by atoms with Gasteiger partial charge < -0.3 is 0 Å². The van der Waals surface area contributed by atoms with Crippen molar-refractivity contribution in [1.82, 2.24) is 0 Å². The lowest BCUT2D eigenvalue weighted by atomic mass is 9.90. The van der Waals surface area contributed by atoms with E-state index in [0.29, 0.717) is 0 Å². The summed E-state index contributed by atoms with van der Waals surface area (Å²) in [6, 6.07) is 17.7. The van der Waals surface area contributed by atoms with Gasteiger partial charge in [-0.1, -0.05) is 77.8 Å². The molecular formula is C19H19Br. The highest BCUT2D eigenvalue weighted by atomic mass is 79.9. The fraction of sp³-hybridized carbons (Fsp3) is 0.263. The fourth-order valence-corrected chi connectivity index (χ4v) is 3.68. The van der Waals surface area contributed by atoms with Gasteiger partial charge in [0.25, 0.3) is 0 Å². The Morgan fingerprint density at radius 3 is 1.60 bits per heavy atom. The second-order valence-corrected chi connectivity index (χ2v) is 5.85. The first kappa shape index (κ1) is 13.6. The van der Waals surface area contributed by atoms with Crippen LogP contribution in [0.5, 0.6) is 0 Å². The van der Waals surface area contributed by atoms with E-state index in [-0.39, 0.29) is 0 Å². The molecule has 0 fully saturated rings. The lowest BCUT2D eigenvalue weighted by molar-refractivity contribution is 0.802. The topological polar surface area (TPSA) is 0 Å². The van der Waals surface area contributed by atoms with Crippen molar-refractivity contribution in [2.24, 2.45) is 0 Å². The van der Waals surface area contributed by atoms with Gasteiger partial charge in [0.2, 0.25) is 0 Å². The maximum atomic E-state index is 3.68. The molecular weight excluding hydrogens is 308 g/mol. The van der Waals surface area contributed by atoms with Crippen LogP contribution in [-0.4, -0.2) is 0 Å². The third kappa shape index (κ3) is 2.25. The van der Waals surface area contributed by atoms with Crippen LogP contribution in [-0.2, 0) is 11.8 Å². The molecule has 3 aromatic carbocycles. The van der Waals surface area contributed by atoms with Crippen molar-refractivity contribution in [1.29, 1.82) is 0 Å².